The number of hydrogen-bond donors (Lipinski definition) is 2. The standard InChI is InChI=1S/C12H15BrN4/c1-7-5-9(6-8(2)11(7)13)12-15-10(3-4-14)16-17-12/h5-6H,3-4,14H2,1-2H3,(H,15,16,17). The average molecular weight is 295 g/mol. The number of nitrogens with zero attached hydrogens (tertiary/aromatic N) is 2. The first kappa shape index (κ1) is 12.3. The van der Waals surface area contributed by atoms with E-state index in [0.717, 1.165) is 28.1 Å². The topological polar surface area (TPSA) is 67.6 Å². The lowest BCUT2D eigenvalue weighted by Crippen LogP contribution is -2.03. The monoisotopic (exact) mass is 294 g/mol. The summed E-state index contributed by atoms with van der Waals surface area (Å²) in [6, 6.07) is 4.15. The molecule has 4 nitrogen and oxygen atoms in total. The predicted molar refractivity (Wildman–Crippen MR) is 71.8 cm³/mol. The highest BCUT2D eigenvalue weighted by Gasteiger charge is 2.08. The van der Waals surface area contributed by atoms with Crippen LogP contribution in [0.2, 0.25) is 0 Å². The molecule has 0 saturated carbocycles. The molecule has 0 amide bonds. The summed E-state index contributed by atoms with van der Waals surface area (Å²) in [4.78, 5) is 4.42. The predicted octanol–water partition coefficient (Wildman–Crippen LogP) is 2.35. The van der Waals surface area contributed by atoms with Crippen LogP contribution in [-0.4, -0.2) is 21.7 Å². The minimum Gasteiger partial charge on any atom is -0.330 e. The van der Waals surface area contributed by atoms with Crippen LogP contribution >= 0.6 is 15.9 Å². The molecule has 1 aromatic heterocycles. The molecule has 90 valence electrons. The van der Waals surface area contributed by atoms with Crippen LogP contribution in [0, 0.1) is 13.8 Å². The molecule has 0 aliphatic carbocycles. The first-order valence-corrected chi connectivity index (χ1v) is 6.29. The molecule has 1 heterocycles. The molecule has 2 rings (SSSR count). The van der Waals surface area contributed by atoms with Crippen LogP contribution in [0.4, 0.5) is 0 Å². The van der Waals surface area contributed by atoms with Crippen LogP contribution in [0.15, 0.2) is 16.6 Å². The van der Waals surface area contributed by atoms with Gasteiger partial charge in [-0.15, -0.1) is 0 Å². The lowest BCUT2D eigenvalue weighted by atomic mass is 10.1. The number of halogens is 1. The Morgan fingerprint density at radius 2 is 1.94 bits per heavy atom. The fourth-order valence-corrected chi connectivity index (χ4v) is 1.98. The third-order valence-corrected chi connectivity index (χ3v) is 3.86. The van der Waals surface area contributed by atoms with Gasteiger partial charge in [0.1, 0.15) is 5.82 Å². The summed E-state index contributed by atoms with van der Waals surface area (Å²) < 4.78 is 1.14. The van der Waals surface area contributed by atoms with E-state index in [1.54, 1.807) is 0 Å². The van der Waals surface area contributed by atoms with Gasteiger partial charge in [0.05, 0.1) is 0 Å². The van der Waals surface area contributed by atoms with Crippen molar-refractivity contribution < 1.29 is 0 Å². The van der Waals surface area contributed by atoms with E-state index < -0.39 is 0 Å². The quantitative estimate of drug-likeness (QED) is 0.913. The number of rotatable bonds is 3. The van der Waals surface area contributed by atoms with Gasteiger partial charge in [0.25, 0.3) is 0 Å². The molecule has 0 spiro atoms. The molecule has 0 atom stereocenters. The molecule has 0 aliphatic heterocycles. The highest BCUT2D eigenvalue weighted by Crippen LogP contribution is 2.26. The summed E-state index contributed by atoms with van der Waals surface area (Å²) in [7, 11) is 0. The molecule has 0 fully saturated rings. The highest BCUT2D eigenvalue weighted by molar-refractivity contribution is 9.10. The lowest BCUT2D eigenvalue weighted by Gasteiger charge is -2.04. The molecule has 5 heteroatoms. The molecule has 3 N–H and O–H groups in total. The van der Waals surface area contributed by atoms with Crippen molar-refractivity contribution in [2.45, 2.75) is 20.3 Å². The largest absolute Gasteiger partial charge is 0.330 e. The number of H-pyrrole nitrogens is 1. The van der Waals surface area contributed by atoms with Crippen molar-refractivity contribution >= 4 is 15.9 Å². The van der Waals surface area contributed by atoms with Crippen LogP contribution < -0.4 is 5.73 Å². The Labute approximate surface area is 109 Å². The molecule has 0 unspecified atom stereocenters. The van der Waals surface area contributed by atoms with Crippen molar-refractivity contribution in [3.8, 4) is 11.4 Å². The number of benzene rings is 1. The minimum absolute atomic E-state index is 0.576. The van der Waals surface area contributed by atoms with E-state index in [-0.39, 0.29) is 0 Å². The maximum atomic E-state index is 5.48. The SMILES string of the molecule is Cc1cc(-c2n[nH]c(CCN)n2)cc(C)c1Br. The number of nitrogens with one attached hydrogen (secondary N) is 1. The van der Waals surface area contributed by atoms with Gasteiger partial charge in [0.15, 0.2) is 5.82 Å². The van der Waals surface area contributed by atoms with Crippen LogP contribution in [0.5, 0.6) is 0 Å². The smallest absolute Gasteiger partial charge is 0.181 e. The van der Waals surface area contributed by atoms with E-state index in [1.807, 2.05) is 0 Å². The first-order chi connectivity index (χ1) is 8.11. The van der Waals surface area contributed by atoms with Gasteiger partial charge < -0.3 is 5.73 Å². The number of aromatic amines is 1. The van der Waals surface area contributed by atoms with E-state index in [0.29, 0.717) is 6.54 Å². The zero-order valence-corrected chi connectivity index (χ0v) is 11.5. The summed E-state index contributed by atoms with van der Waals surface area (Å²) in [5, 5.41) is 7.12. The van der Waals surface area contributed by atoms with Crippen molar-refractivity contribution in [2.24, 2.45) is 5.73 Å². The second kappa shape index (κ2) is 4.98. The molecule has 1 aromatic carbocycles. The van der Waals surface area contributed by atoms with E-state index in [9.17, 15) is 0 Å². The van der Waals surface area contributed by atoms with Crippen LogP contribution in [0.25, 0.3) is 11.4 Å². The third kappa shape index (κ3) is 2.56. The number of aryl methyl sites for hydroxylation is 2. The number of nitrogens with two attached hydrogens (primary N) is 1. The highest BCUT2D eigenvalue weighted by atomic mass is 79.9. The fraction of sp³-hybridized carbons (Fsp3) is 0.333. The van der Waals surface area contributed by atoms with Crippen LogP contribution in [0.1, 0.15) is 17.0 Å². The van der Waals surface area contributed by atoms with Gasteiger partial charge in [-0.05, 0) is 43.7 Å². The Morgan fingerprint density at radius 1 is 1.29 bits per heavy atom. The Hall–Kier alpha value is -1.20. The van der Waals surface area contributed by atoms with Crippen LogP contribution in [-0.2, 0) is 6.42 Å². The molecular weight excluding hydrogens is 280 g/mol. The second-order valence-corrected chi connectivity index (χ2v) is 4.86. The lowest BCUT2D eigenvalue weighted by molar-refractivity contribution is 0.874. The summed E-state index contributed by atoms with van der Waals surface area (Å²) >= 11 is 3.55. The molecule has 0 saturated heterocycles. The van der Waals surface area contributed by atoms with Crippen molar-refractivity contribution in [3.05, 3.63) is 33.6 Å². The second-order valence-electron chi connectivity index (χ2n) is 4.07. The van der Waals surface area contributed by atoms with Gasteiger partial charge in [-0.25, -0.2) is 4.98 Å². The van der Waals surface area contributed by atoms with Gasteiger partial charge in [0.2, 0.25) is 0 Å². The van der Waals surface area contributed by atoms with Crippen molar-refractivity contribution in [3.63, 3.8) is 0 Å². The summed E-state index contributed by atoms with van der Waals surface area (Å²) in [5.74, 6) is 1.56. The summed E-state index contributed by atoms with van der Waals surface area (Å²) in [6.45, 7) is 4.70. The molecule has 0 radical (unpaired) electrons. The van der Waals surface area contributed by atoms with Gasteiger partial charge in [-0.1, -0.05) is 15.9 Å². The molecule has 0 bridgehead atoms. The van der Waals surface area contributed by atoms with E-state index in [4.69, 9.17) is 5.73 Å². The summed E-state index contributed by atoms with van der Waals surface area (Å²) in [5.41, 5.74) is 8.88. The van der Waals surface area contributed by atoms with Crippen molar-refractivity contribution in [1.82, 2.24) is 15.2 Å². The normalized spacial score (nSPS) is 10.8. The Balaban J connectivity index is 2.39. The zero-order valence-electron chi connectivity index (χ0n) is 9.92. The van der Waals surface area contributed by atoms with E-state index in [2.05, 4.69) is 57.1 Å². The molecular formula is C12H15BrN4. The number of aromatic nitrogens is 3. The van der Waals surface area contributed by atoms with Crippen molar-refractivity contribution in [2.75, 3.05) is 6.54 Å². The maximum Gasteiger partial charge on any atom is 0.181 e. The Morgan fingerprint density at radius 3 is 2.53 bits per heavy atom. The van der Waals surface area contributed by atoms with Gasteiger partial charge in [0, 0.05) is 16.5 Å². The Bertz CT molecular complexity index is 510. The fourth-order valence-electron chi connectivity index (χ4n) is 1.75. The third-order valence-electron chi connectivity index (χ3n) is 2.61. The molecule has 0 aliphatic rings. The van der Waals surface area contributed by atoms with E-state index >= 15 is 0 Å². The Kier molecular flexibility index (Phi) is 3.59. The van der Waals surface area contributed by atoms with Gasteiger partial charge in [-0.2, -0.15) is 5.10 Å². The zero-order chi connectivity index (χ0) is 12.4. The van der Waals surface area contributed by atoms with E-state index in [1.165, 1.54) is 11.1 Å². The van der Waals surface area contributed by atoms with Crippen molar-refractivity contribution in [1.29, 1.82) is 0 Å². The van der Waals surface area contributed by atoms with Gasteiger partial charge >= 0.3 is 0 Å². The van der Waals surface area contributed by atoms with Crippen LogP contribution in [0.3, 0.4) is 0 Å². The minimum atomic E-state index is 0.576. The first-order valence-electron chi connectivity index (χ1n) is 5.50. The maximum absolute atomic E-state index is 5.48. The molecule has 2 aromatic rings. The summed E-state index contributed by atoms with van der Waals surface area (Å²) in [6.07, 6.45) is 0.724. The molecule has 17 heavy (non-hydrogen) atoms. The number of hydrogen-bond acceptors (Lipinski definition) is 3. The average Bonchev–Trinajstić information content (AvgIpc) is 2.74. The van der Waals surface area contributed by atoms with Gasteiger partial charge in [-0.3, -0.25) is 5.10 Å².